The van der Waals surface area contributed by atoms with Crippen LogP contribution in [0.1, 0.15) is 44.9 Å². The predicted octanol–water partition coefficient (Wildman–Crippen LogP) is 0.512. The number of piperidine rings is 1. The Bertz CT molecular complexity index is 566. The molecule has 7 heteroatoms. The molecule has 0 aromatic rings. The Balaban J connectivity index is 1.81. The molecule has 1 saturated carbocycles. The number of amides is 2. The van der Waals surface area contributed by atoms with Crippen LogP contribution in [0.25, 0.3) is 0 Å². The second-order valence-corrected chi connectivity index (χ2v) is 6.81. The highest BCUT2D eigenvalue weighted by Gasteiger charge is 2.48. The number of hydrogen-bond donors (Lipinski definition) is 2. The van der Waals surface area contributed by atoms with Crippen LogP contribution in [-0.4, -0.2) is 41.3 Å². The first-order valence-electron chi connectivity index (χ1n) is 8.40. The first-order chi connectivity index (χ1) is 11.1. The van der Waals surface area contributed by atoms with Crippen LogP contribution in [0.15, 0.2) is 4.99 Å². The van der Waals surface area contributed by atoms with E-state index in [1.807, 2.05) is 4.90 Å². The number of guanidine groups is 1. The molecule has 0 bridgehead atoms. The van der Waals surface area contributed by atoms with Gasteiger partial charge in [-0.15, -0.1) is 0 Å². The van der Waals surface area contributed by atoms with Crippen molar-refractivity contribution >= 4 is 17.8 Å². The summed E-state index contributed by atoms with van der Waals surface area (Å²) in [6.07, 6.45) is 6.09. The largest absolute Gasteiger partial charge is 0.369 e. The van der Waals surface area contributed by atoms with Crippen molar-refractivity contribution in [3.05, 3.63) is 0 Å². The van der Waals surface area contributed by atoms with Gasteiger partial charge in [0.15, 0.2) is 5.92 Å². The van der Waals surface area contributed by atoms with Gasteiger partial charge < -0.3 is 10.6 Å². The Morgan fingerprint density at radius 2 is 1.96 bits per heavy atom. The minimum atomic E-state index is -0.699. The summed E-state index contributed by atoms with van der Waals surface area (Å²) in [5.41, 5.74) is 4.80. The summed E-state index contributed by atoms with van der Waals surface area (Å²) in [4.78, 5) is 30.5. The number of likely N-dealkylation sites (tertiary alicyclic amines) is 1. The van der Waals surface area contributed by atoms with Crippen molar-refractivity contribution in [1.29, 1.82) is 5.26 Å². The standard InChI is InChI=1S/C16H23N5O2/c17-10-12-14(23)19-15(20-16(12)6-2-1-3-7-16)21-8-4-11(5-9-21)13(18)22/h11-12H,1-9H2,(H2,18,22)(H,19,20,23)/t12-/m0/s1. The number of hydrogen-bond acceptors (Lipinski definition) is 5. The van der Waals surface area contributed by atoms with Crippen molar-refractivity contribution in [2.24, 2.45) is 22.6 Å². The summed E-state index contributed by atoms with van der Waals surface area (Å²) in [6, 6.07) is 2.16. The van der Waals surface area contributed by atoms with E-state index in [9.17, 15) is 14.9 Å². The summed E-state index contributed by atoms with van der Waals surface area (Å²) in [6.45, 7) is 1.31. The molecule has 3 rings (SSSR count). The van der Waals surface area contributed by atoms with Crippen LogP contribution in [0.3, 0.4) is 0 Å². The third-order valence-corrected chi connectivity index (χ3v) is 5.41. The summed E-state index contributed by atoms with van der Waals surface area (Å²) in [7, 11) is 0. The van der Waals surface area contributed by atoms with E-state index >= 15 is 0 Å². The Hall–Kier alpha value is -2.10. The molecule has 1 aliphatic carbocycles. The third-order valence-electron chi connectivity index (χ3n) is 5.41. The van der Waals surface area contributed by atoms with Gasteiger partial charge in [0.05, 0.1) is 11.6 Å². The van der Waals surface area contributed by atoms with Gasteiger partial charge in [0.25, 0.3) is 0 Å². The molecule has 3 N–H and O–H groups in total. The predicted molar refractivity (Wildman–Crippen MR) is 84.0 cm³/mol. The zero-order chi connectivity index (χ0) is 16.4. The Labute approximate surface area is 135 Å². The maximum Gasteiger partial charge on any atom is 0.246 e. The molecule has 3 aliphatic rings. The average Bonchev–Trinajstić information content (AvgIpc) is 2.55. The fourth-order valence-electron chi connectivity index (χ4n) is 4.00. The van der Waals surface area contributed by atoms with Gasteiger partial charge in [-0.2, -0.15) is 5.26 Å². The van der Waals surface area contributed by atoms with Crippen LogP contribution in [-0.2, 0) is 9.59 Å². The molecule has 7 nitrogen and oxygen atoms in total. The van der Waals surface area contributed by atoms with Gasteiger partial charge in [0, 0.05) is 19.0 Å². The zero-order valence-corrected chi connectivity index (χ0v) is 13.3. The first kappa shape index (κ1) is 15.8. The number of carbonyl (C=O) groups excluding carboxylic acids is 2. The molecule has 2 heterocycles. The van der Waals surface area contributed by atoms with Crippen LogP contribution in [0.4, 0.5) is 0 Å². The first-order valence-corrected chi connectivity index (χ1v) is 8.40. The summed E-state index contributed by atoms with van der Waals surface area (Å²) >= 11 is 0. The van der Waals surface area contributed by atoms with Crippen molar-refractivity contribution in [3.63, 3.8) is 0 Å². The molecule has 0 unspecified atom stereocenters. The highest BCUT2D eigenvalue weighted by atomic mass is 16.2. The van der Waals surface area contributed by atoms with Crippen molar-refractivity contribution in [1.82, 2.24) is 10.2 Å². The lowest BCUT2D eigenvalue weighted by atomic mass is 9.72. The molecule has 2 amide bonds. The van der Waals surface area contributed by atoms with E-state index in [-0.39, 0.29) is 17.7 Å². The highest BCUT2D eigenvalue weighted by molar-refractivity contribution is 6.02. The van der Waals surface area contributed by atoms with Gasteiger partial charge in [0.2, 0.25) is 17.8 Å². The Morgan fingerprint density at radius 3 is 2.52 bits per heavy atom. The lowest BCUT2D eigenvalue weighted by Gasteiger charge is -2.43. The maximum absolute atomic E-state index is 12.4. The maximum atomic E-state index is 12.4. The van der Waals surface area contributed by atoms with Crippen LogP contribution < -0.4 is 11.1 Å². The normalized spacial score (nSPS) is 28.0. The van der Waals surface area contributed by atoms with Gasteiger partial charge in [-0.25, -0.2) is 4.99 Å². The van der Waals surface area contributed by atoms with Gasteiger partial charge in [-0.05, 0) is 25.7 Å². The summed E-state index contributed by atoms with van der Waals surface area (Å²) in [5, 5.41) is 12.2. The lowest BCUT2D eigenvalue weighted by Crippen LogP contribution is -2.59. The van der Waals surface area contributed by atoms with Crippen molar-refractivity contribution < 1.29 is 9.59 Å². The number of nitrogens with two attached hydrogens (primary N) is 1. The number of aliphatic imine (C=N–C) groups is 1. The molecule has 1 saturated heterocycles. The van der Waals surface area contributed by atoms with E-state index in [0.717, 1.165) is 32.1 Å². The molecule has 1 spiro atoms. The van der Waals surface area contributed by atoms with Crippen LogP contribution in [0.2, 0.25) is 0 Å². The van der Waals surface area contributed by atoms with Crippen LogP contribution in [0, 0.1) is 23.2 Å². The van der Waals surface area contributed by atoms with Crippen LogP contribution in [0.5, 0.6) is 0 Å². The molecule has 23 heavy (non-hydrogen) atoms. The van der Waals surface area contributed by atoms with E-state index in [4.69, 9.17) is 10.7 Å². The number of carbonyl (C=O) groups is 2. The molecule has 0 aromatic heterocycles. The Kier molecular flexibility index (Phi) is 4.24. The van der Waals surface area contributed by atoms with Gasteiger partial charge in [-0.3, -0.25) is 14.9 Å². The van der Waals surface area contributed by atoms with Crippen molar-refractivity contribution in [2.45, 2.75) is 50.5 Å². The van der Waals surface area contributed by atoms with Gasteiger partial charge in [-0.1, -0.05) is 19.3 Å². The summed E-state index contributed by atoms with van der Waals surface area (Å²) < 4.78 is 0. The van der Waals surface area contributed by atoms with E-state index in [1.54, 1.807) is 0 Å². The third kappa shape index (κ3) is 2.90. The van der Waals surface area contributed by atoms with Crippen molar-refractivity contribution in [2.75, 3.05) is 13.1 Å². The lowest BCUT2D eigenvalue weighted by molar-refractivity contribution is -0.125. The molecule has 124 valence electrons. The van der Waals surface area contributed by atoms with Gasteiger partial charge in [0.1, 0.15) is 0 Å². The minimum Gasteiger partial charge on any atom is -0.369 e. The fraction of sp³-hybridized carbons (Fsp3) is 0.750. The molecular formula is C16H23N5O2. The fourth-order valence-corrected chi connectivity index (χ4v) is 4.00. The van der Waals surface area contributed by atoms with Crippen molar-refractivity contribution in [3.8, 4) is 6.07 Å². The number of rotatable bonds is 1. The average molecular weight is 317 g/mol. The molecule has 2 aliphatic heterocycles. The molecule has 0 aromatic carbocycles. The SMILES string of the molecule is N#C[C@H]1C(=O)NC(N2CCC(C(N)=O)CC2)=NC12CCCCC2. The number of primary amides is 1. The number of nitrogens with zero attached hydrogens (tertiary/aromatic N) is 3. The number of nitrogens with one attached hydrogen (secondary N) is 1. The molecule has 2 fully saturated rings. The summed E-state index contributed by atoms with van der Waals surface area (Å²) in [5.74, 6) is -0.716. The van der Waals surface area contributed by atoms with Crippen LogP contribution >= 0.6 is 0 Å². The monoisotopic (exact) mass is 317 g/mol. The second-order valence-electron chi connectivity index (χ2n) is 6.81. The highest BCUT2D eigenvalue weighted by Crippen LogP contribution is 2.40. The smallest absolute Gasteiger partial charge is 0.246 e. The topological polar surface area (TPSA) is 112 Å². The molecular weight excluding hydrogens is 294 g/mol. The molecule has 1 atom stereocenters. The van der Waals surface area contributed by atoms with E-state index in [2.05, 4.69) is 11.4 Å². The van der Waals surface area contributed by atoms with E-state index < -0.39 is 11.5 Å². The minimum absolute atomic E-state index is 0.0957. The Morgan fingerprint density at radius 1 is 1.30 bits per heavy atom. The zero-order valence-electron chi connectivity index (χ0n) is 13.3. The quantitative estimate of drug-likeness (QED) is 0.734. The second kappa shape index (κ2) is 6.19. The van der Waals surface area contributed by atoms with E-state index in [0.29, 0.717) is 31.9 Å². The number of nitriles is 1. The van der Waals surface area contributed by atoms with Gasteiger partial charge >= 0.3 is 0 Å². The molecule has 0 radical (unpaired) electrons. The van der Waals surface area contributed by atoms with E-state index in [1.165, 1.54) is 0 Å².